The van der Waals surface area contributed by atoms with Crippen LogP contribution >= 0.6 is 23.2 Å². The SMILES string of the molecule is CN(C)Cc1nc(Cl)ccc1Cl. The molecule has 1 rings (SSSR count). The molecule has 0 aliphatic heterocycles. The zero-order chi connectivity index (χ0) is 9.14. The molecule has 0 bridgehead atoms. The average Bonchev–Trinajstić information content (AvgIpc) is 1.96. The lowest BCUT2D eigenvalue weighted by Gasteiger charge is -2.09. The van der Waals surface area contributed by atoms with Crippen LogP contribution in [0.2, 0.25) is 10.2 Å². The van der Waals surface area contributed by atoms with E-state index in [9.17, 15) is 0 Å². The first kappa shape index (κ1) is 9.78. The molecule has 12 heavy (non-hydrogen) atoms. The van der Waals surface area contributed by atoms with Gasteiger partial charge in [0.25, 0.3) is 0 Å². The predicted molar refractivity (Wildman–Crippen MR) is 51.6 cm³/mol. The van der Waals surface area contributed by atoms with E-state index >= 15 is 0 Å². The van der Waals surface area contributed by atoms with Gasteiger partial charge in [-0.3, -0.25) is 0 Å². The first-order valence-corrected chi connectivity index (χ1v) is 4.31. The third kappa shape index (κ3) is 2.63. The van der Waals surface area contributed by atoms with Crippen LogP contribution in [0.15, 0.2) is 12.1 Å². The Balaban J connectivity index is 2.90. The van der Waals surface area contributed by atoms with Crippen molar-refractivity contribution in [2.24, 2.45) is 0 Å². The lowest BCUT2D eigenvalue weighted by molar-refractivity contribution is 0.397. The normalized spacial score (nSPS) is 10.8. The van der Waals surface area contributed by atoms with E-state index in [2.05, 4.69) is 4.98 Å². The van der Waals surface area contributed by atoms with Gasteiger partial charge in [0.15, 0.2) is 0 Å². The summed E-state index contributed by atoms with van der Waals surface area (Å²) in [4.78, 5) is 6.10. The molecule has 66 valence electrons. The Morgan fingerprint density at radius 3 is 2.58 bits per heavy atom. The van der Waals surface area contributed by atoms with Gasteiger partial charge in [-0.15, -0.1) is 0 Å². The molecule has 1 aromatic heterocycles. The van der Waals surface area contributed by atoms with Crippen LogP contribution in [0.1, 0.15) is 5.69 Å². The second-order valence-corrected chi connectivity index (χ2v) is 3.59. The Labute approximate surface area is 82.1 Å². The molecular formula is C8H10Cl2N2. The molecule has 0 aliphatic rings. The smallest absolute Gasteiger partial charge is 0.129 e. The maximum absolute atomic E-state index is 5.89. The number of pyridine rings is 1. The zero-order valence-corrected chi connectivity index (χ0v) is 8.52. The van der Waals surface area contributed by atoms with Crippen molar-refractivity contribution in [1.29, 1.82) is 0 Å². The highest BCUT2D eigenvalue weighted by atomic mass is 35.5. The highest BCUT2D eigenvalue weighted by Gasteiger charge is 2.03. The van der Waals surface area contributed by atoms with Gasteiger partial charge in [0.2, 0.25) is 0 Å². The molecule has 0 amide bonds. The van der Waals surface area contributed by atoms with Crippen molar-refractivity contribution in [1.82, 2.24) is 9.88 Å². The minimum absolute atomic E-state index is 0.483. The van der Waals surface area contributed by atoms with Gasteiger partial charge in [-0.1, -0.05) is 23.2 Å². The summed E-state index contributed by atoms with van der Waals surface area (Å²) < 4.78 is 0. The van der Waals surface area contributed by atoms with E-state index in [1.54, 1.807) is 12.1 Å². The van der Waals surface area contributed by atoms with Gasteiger partial charge in [-0.05, 0) is 26.2 Å². The van der Waals surface area contributed by atoms with Gasteiger partial charge in [0.05, 0.1) is 10.7 Å². The van der Waals surface area contributed by atoms with Gasteiger partial charge in [-0.2, -0.15) is 0 Å². The van der Waals surface area contributed by atoms with Gasteiger partial charge in [-0.25, -0.2) is 4.98 Å². The predicted octanol–water partition coefficient (Wildman–Crippen LogP) is 2.45. The maximum atomic E-state index is 5.89. The third-order valence-electron chi connectivity index (χ3n) is 1.35. The van der Waals surface area contributed by atoms with Crippen LogP contribution in [0, 0.1) is 0 Å². The van der Waals surface area contributed by atoms with Crippen molar-refractivity contribution in [2.45, 2.75) is 6.54 Å². The van der Waals surface area contributed by atoms with E-state index in [4.69, 9.17) is 23.2 Å². The van der Waals surface area contributed by atoms with Crippen LogP contribution in [0.4, 0.5) is 0 Å². The summed E-state index contributed by atoms with van der Waals surface area (Å²) in [6.45, 7) is 0.708. The number of hydrogen-bond donors (Lipinski definition) is 0. The molecule has 2 nitrogen and oxygen atoms in total. The number of halogens is 2. The summed E-state index contributed by atoms with van der Waals surface area (Å²) in [6.07, 6.45) is 0. The van der Waals surface area contributed by atoms with Crippen molar-refractivity contribution in [2.75, 3.05) is 14.1 Å². The highest BCUT2D eigenvalue weighted by molar-refractivity contribution is 6.32. The van der Waals surface area contributed by atoms with Crippen LogP contribution in [-0.2, 0) is 6.54 Å². The number of nitrogens with zero attached hydrogens (tertiary/aromatic N) is 2. The molecular weight excluding hydrogens is 195 g/mol. The fourth-order valence-corrected chi connectivity index (χ4v) is 1.20. The number of aromatic nitrogens is 1. The van der Waals surface area contributed by atoms with Gasteiger partial charge < -0.3 is 4.90 Å². The quantitative estimate of drug-likeness (QED) is 0.689. The molecule has 0 unspecified atom stereocenters. The summed E-state index contributed by atoms with van der Waals surface area (Å²) in [6, 6.07) is 3.44. The third-order valence-corrected chi connectivity index (χ3v) is 1.91. The van der Waals surface area contributed by atoms with E-state index < -0.39 is 0 Å². The molecule has 0 atom stereocenters. The molecule has 0 saturated heterocycles. The molecule has 0 fully saturated rings. The molecule has 0 aromatic carbocycles. The summed E-state index contributed by atoms with van der Waals surface area (Å²) in [5, 5.41) is 1.14. The Kier molecular flexibility index (Phi) is 3.32. The Hall–Kier alpha value is -0.310. The lowest BCUT2D eigenvalue weighted by atomic mass is 10.3. The second-order valence-electron chi connectivity index (χ2n) is 2.80. The Morgan fingerprint density at radius 2 is 2.00 bits per heavy atom. The molecule has 4 heteroatoms. The minimum Gasteiger partial charge on any atom is -0.304 e. The van der Waals surface area contributed by atoms with E-state index in [1.807, 2.05) is 19.0 Å². The van der Waals surface area contributed by atoms with Crippen LogP contribution in [-0.4, -0.2) is 24.0 Å². The van der Waals surface area contributed by atoms with Crippen LogP contribution in [0.3, 0.4) is 0 Å². The van der Waals surface area contributed by atoms with E-state index in [0.29, 0.717) is 16.7 Å². The molecule has 0 radical (unpaired) electrons. The summed E-state index contributed by atoms with van der Waals surface area (Å²) in [5.41, 5.74) is 0.814. The fraction of sp³-hybridized carbons (Fsp3) is 0.375. The maximum Gasteiger partial charge on any atom is 0.129 e. The van der Waals surface area contributed by atoms with Crippen molar-refractivity contribution in [3.05, 3.63) is 28.0 Å². The van der Waals surface area contributed by atoms with E-state index in [-0.39, 0.29) is 0 Å². The van der Waals surface area contributed by atoms with Gasteiger partial charge in [0, 0.05) is 6.54 Å². The average molecular weight is 205 g/mol. The molecule has 0 spiro atoms. The molecule has 1 heterocycles. The minimum atomic E-state index is 0.483. The van der Waals surface area contributed by atoms with Crippen molar-refractivity contribution in [3.63, 3.8) is 0 Å². The molecule has 0 N–H and O–H groups in total. The van der Waals surface area contributed by atoms with Crippen molar-refractivity contribution >= 4 is 23.2 Å². The standard InChI is InChI=1S/C8H10Cl2N2/c1-12(2)5-7-6(9)3-4-8(10)11-7/h3-4H,5H2,1-2H3. The van der Waals surface area contributed by atoms with Crippen LogP contribution in [0.25, 0.3) is 0 Å². The van der Waals surface area contributed by atoms with Crippen LogP contribution < -0.4 is 0 Å². The highest BCUT2D eigenvalue weighted by Crippen LogP contribution is 2.17. The second kappa shape index (κ2) is 4.08. The first-order valence-electron chi connectivity index (χ1n) is 3.55. The van der Waals surface area contributed by atoms with E-state index in [0.717, 1.165) is 5.69 Å². The Morgan fingerprint density at radius 1 is 1.33 bits per heavy atom. The summed E-state index contributed by atoms with van der Waals surface area (Å²) >= 11 is 11.6. The number of hydrogen-bond acceptors (Lipinski definition) is 2. The monoisotopic (exact) mass is 204 g/mol. The van der Waals surface area contributed by atoms with Crippen molar-refractivity contribution < 1.29 is 0 Å². The van der Waals surface area contributed by atoms with E-state index in [1.165, 1.54) is 0 Å². The van der Waals surface area contributed by atoms with Gasteiger partial charge in [0.1, 0.15) is 5.15 Å². The summed E-state index contributed by atoms with van der Waals surface area (Å²) in [5.74, 6) is 0. The van der Waals surface area contributed by atoms with Gasteiger partial charge >= 0.3 is 0 Å². The fourth-order valence-electron chi connectivity index (χ4n) is 0.868. The largest absolute Gasteiger partial charge is 0.304 e. The van der Waals surface area contributed by atoms with Crippen molar-refractivity contribution in [3.8, 4) is 0 Å². The topological polar surface area (TPSA) is 16.1 Å². The Bertz CT molecular complexity index is 274. The zero-order valence-electron chi connectivity index (χ0n) is 7.01. The molecule has 0 aliphatic carbocycles. The van der Waals surface area contributed by atoms with Crippen LogP contribution in [0.5, 0.6) is 0 Å². The molecule has 1 aromatic rings. The lowest BCUT2D eigenvalue weighted by Crippen LogP contribution is -2.12. The summed E-state index contributed by atoms with van der Waals surface area (Å²) in [7, 11) is 3.91. The number of rotatable bonds is 2. The molecule has 0 saturated carbocycles. The first-order chi connectivity index (χ1) is 5.59.